The van der Waals surface area contributed by atoms with Gasteiger partial charge in [0.25, 0.3) is 0 Å². The van der Waals surface area contributed by atoms with E-state index in [9.17, 15) is 4.39 Å². The normalized spacial score (nSPS) is 18.6. The molecule has 4 rings (SSSR count). The molecule has 0 amide bonds. The Kier molecular flexibility index (Phi) is 4.56. The molecule has 0 saturated carbocycles. The summed E-state index contributed by atoms with van der Waals surface area (Å²) in [6, 6.07) is 7.31. The molecule has 0 spiro atoms. The van der Waals surface area contributed by atoms with E-state index in [2.05, 4.69) is 13.0 Å². The zero-order valence-electron chi connectivity index (χ0n) is 15.4. The SMILES string of the molecule is CCCC1CC=C(c2ccc3c(c2F)OCc2c-3ccc(C)c2F)CC1. The van der Waals surface area contributed by atoms with Crippen LogP contribution < -0.4 is 4.74 Å². The van der Waals surface area contributed by atoms with E-state index < -0.39 is 0 Å². The molecule has 0 bridgehead atoms. The van der Waals surface area contributed by atoms with Crippen molar-refractivity contribution in [2.75, 3.05) is 0 Å². The van der Waals surface area contributed by atoms with Gasteiger partial charge in [-0.05, 0) is 54.9 Å². The highest BCUT2D eigenvalue weighted by Gasteiger charge is 2.27. The largest absolute Gasteiger partial charge is 0.485 e. The fraction of sp³-hybridized carbons (Fsp3) is 0.391. The van der Waals surface area contributed by atoms with Crippen LogP contribution in [-0.2, 0) is 6.61 Å². The summed E-state index contributed by atoms with van der Waals surface area (Å²) in [6.07, 6.45) is 7.67. The van der Waals surface area contributed by atoms with Gasteiger partial charge >= 0.3 is 0 Å². The average molecular weight is 354 g/mol. The van der Waals surface area contributed by atoms with Gasteiger partial charge in [-0.25, -0.2) is 8.78 Å². The zero-order valence-corrected chi connectivity index (χ0v) is 15.4. The number of allylic oxidation sites excluding steroid dienone is 2. The molecule has 0 fully saturated rings. The topological polar surface area (TPSA) is 9.23 Å². The fourth-order valence-corrected chi connectivity index (χ4v) is 4.24. The van der Waals surface area contributed by atoms with Crippen LogP contribution in [0.25, 0.3) is 16.7 Å². The van der Waals surface area contributed by atoms with Gasteiger partial charge in [-0.1, -0.05) is 44.0 Å². The quantitative estimate of drug-likeness (QED) is 0.588. The van der Waals surface area contributed by atoms with E-state index in [1.165, 1.54) is 12.8 Å². The van der Waals surface area contributed by atoms with Crippen molar-refractivity contribution >= 4 is 5.57 Å². The Labute approximate surface area is 153 Å². The first-order valence-electron chi connectivity index (χ1n) is 9.53. The van der Waals surface area contributed by atoms with Gasteiger partial charge in [0.2, 0.25) is 0 Å². The highest BCUT2D eigenvalue weighted by molar-refractivity contribution is 5.79. The van der Waals surface area contributed by atoms with Gasteiger partial charge < -0.3 is 4.74 Å². The average Bonchev–Trinajstić information content (AvgIpc) is 2.66. The third-order valence-corrected chi connectivity index (χ3v) is 5.75. The molecule has 1 nitrogen and oxygen atoms in total. The Morgan fingerprint density at radius 2 is 1.81 bits per heavy atom. The van der Waals surface area contributed by atoms with Crippen molar-refractivity contribution in [2.45, 2.75) is 52.6 Å². The Balaban J connectivity index is 1.71. The lowest BCUT2D eigenvalue weighted by Crippen LogP contribution is -2.12. The van der Waals surface area contributed by atoms with Crippen LogP contribution in [0.4, 0.5) is 8.78 Å². The molecule has 0 radical (unpaired) electrons. The highest BCUT2D eigenvalue weighted by Crippen LogP contribution is 2.44. The van der Waals surface area contributed by atoms with Crippen LogP contribution >= 0.6 is 0 Å². The van der Waals surface area contributed by atoms with Crippen LogP contribution in [0.3, 0.4) is 0 Å². The number of hydrogen-bond donors (Lipinski definition) is 0. The monoisotopic (exact) mass is 354 g/mol. The van der Waals surface area contributed by atoms with Gasteiger partial charge in [0.15, 0.2) is 11.6 Å². The lowest BCUT2D eigenvalue weighted by atomic mass is 9.83. The summed E-state index contributed by atoms with van der Waals surface area (Å²) in [5.74, 6) is 0.414. The summed E-state index contributed by atoms with van der Waals surface area (Å²) < 4.78 is 35.2. The van der Waals surface area contributed by atoms with Gasteiger partial charge in [-0.2, -0.15) is 0 Å². The molecular weight excluding hydrogens is 330 g/mol. The van der Waals surface area contributed by atoms with Crippen molar-refractivity contribution in [1.82, 2.24) is 0 Å². The predicted molar refractivity (Wildman–Crippen MR) is 101 cm³/mol. The molecule has 1 aliphatic carbocycles. The van der Waals surface area contributed by atoms with E-state index >= 15 is 4.39 Å². The van der Waals surface area contributed by atoms with Crippen LogP contribution in [-0.4, -0.2) is 0 Å². The molecule has 2 aromatic rings. The molecule has 2 aliphatic rings. The molecular formula is C23H24F2O. The highest BCUT2D eigenvalue weighted by atomic mass is 19.1. The number of benzene rings is 2. The second kappa shape index (κ2) is 6.86. The Bertz CT molecular complexity index is 882. The van der Waals surface area contributed by atoms with Gasteiger partial charge in [0.1, 0.15) is 12.4 Å². The van der Waals surface area contributed by atoms with E-state index in [1.54, 1.807) is 13.0 Å². The smallest absolute Gasteiger partial charge is 0.173 e. The van der Waals surface area contributed by atoms with Gasteiger partial charge in [-0.3, -0.25) is 0 Å². The first-order valence-corrected chi connectivity index (χ1v) is 9.53. The molecule has 0 aromatic heterocycles. The minimum Gasteiger partial charge on any atom is -0.485 e. The number of fused-ring (bicyclic) bond motifs is 3. The second-order valence-corrected chi connectivity index (χ2v) is 7.47. The predicted octanol–water partition coefficient (Wildman–Crippen LogP) is 6.82. The Morgan fingerprint density at radius 3 is 2.54 bits per heavy atom. The molecule has 0 N–H and O–H groups in total. The van der Waals surface area contributed by atoms with Crippen molar-refractivity contribution in [3.63, 3.8) is 0 Å². The molecule has 2 aromatic carbocycles. The summed E-state index contributed by atoms with van der Waals surface area (Å²) >= 11 is 0. The number of rotatable bonds is 3. The summed E-state index contributed by atoms with van der Waals surface area (Å²) in [7, 11) is 0. The molecule has 136 valence electrons. The maximum absolute atomic E-state index is 15.2. The minimum atomic E-state index is -0.311. The van der Waals surface area contributed by atoms with Gasteiger partial charge in [0, 0.05) is 16.7 Å². The molecule has 0 saturated heterocycles. The van der Waals surface area contributed by atoms with Crippen molar-refractivity contribution in [3.05, 3.63) is 58.7 Å². The minimum absolute atomic E-state index is 0.0772. The van der Waals surface area contributed by atoms with E-state index in [4.69, 9.17) is 4.74 Å². The second-order valence-electron chi connectivity index (χ2n) is 7.47. The van der Waals surface area contributed by atoms with Crippen LogP contribution in [0.5, 0.6) is 5.75 Å². The number of hydrogen-bond acceptors (Lipinski definition) is 1. The molecule has 26 heavy (non-hydrogen) atoms. The lowest BCUT2D eigenvalue weighted by Gasteiger charge is -2.25. The molecule has 1 heterocycles. The van der Waals surface area contributed by atoms with E-state index in [0.29, 0.717) is 22.3 Å². The van der Waals surface area contributed by atoms with Crippen molar-refractivity contribution in [2.24, 2.45) is 5.92 Å². The van der Waals surface area contributed by atoms with Crippen LogP contribution in [0.15, 0.2) is 30.3 Å². The molecule has 1 unspecified atom stereocenters. The first-order chi connectivity index (χ1) is 12.6. The van der Waals surface area contributed by atoms with Crippen LogP contribution in [0.1, 0.15) is 55.7 Å². The first kappa shape index (κ1) is 17.3. The Hall–Kier alpha value is -2.16. The van der Waals surface area contributed by atoms with Crippen molar-refractivity contribution < 1.29 is 13.5 Å². The van der Waals surface area contributed by atoms with Crippen molar-refractivity contribution in [1.29, 1.82) is 0 Å². The molecule has 1 aliphatic heterocycles. The van der Waals surface area contributed by atoms with Crippen LogP contribution in [0, 0.1) is 24.5 Å². The maximum Gasteiger partial charge on any atom is 0.173 e. The van der Waals surface area contributed by atoms with Crippen LogP contribution in [0.2, 0.25) is 0 Å². The third-order valence-electron chi connectivity index (χ3n) is 5.75. The van der Waals surface area contributed by atoms with Gasteiger partial charge in [-0.15, -0.1) is 0 Å². The summed E-state index contributed by atoms with van der Waals surface area (Å²) in [5.41, 5.74) is 4.19. The standard InChI is InChI=1S/C23H24F2O/c1-3-4-15-6-8-16(9-7-15)17-11-12-19-18-10-5-14(2)21(24)20(18)13-26-23(19)22(17)25/h5,8,10-12,15H,3-4,6-7,9,13H2,1-2H3. The fourth-order valence-electron chi connectivity index (χ4n) is 4.24. The summed E-state index contributed by atoms with van der Waals surface area (Å²) in [4.78, 5) is 0. The van der Waals surface area contributed by atoms with E-state index in [0.717, 1.165) is 36.3 Å². The zero-order chi connectivity index (χ0) is 18.3. The van der Waals surface area contributed by atoms with Crippen molar-refractivity contribution in [3.8, 4) is 16.9 Å². The summed E-state index contributed by atoms with van der Waals surface area (Å²) in [6.45, 7) is 4.02. The lowest BCUT2D eigenvalue weighted by molar-refractivity contribution is 0.280. The molecule has 3 heteroatoms. The Morgan fingerprint density at radius 1 is 1.04 bits per heavy atom. The number of halogens is 2. The number of aryl methyl sites for hydroxylation is 1. The third kappa shape index (κ3) is 2.84. The molecule has 1 atom stereocenters. The summed E-state index contributed by atoms with van der Waals surface area (Å²) in [5, 5.41) is 0. The van der Waals surface area contributed by atoms with E-state index in [1.807, 2.05) is 18.2 Å². The van der Waals surface area contributed by atoms with Gasteiger partial charge in [0.05, 0.1) is 0 Å². The van der Waals surface area contributed by atoms with E-state index in [-0.39, 0.29) is 24.0 Å². The maximum atomic E-state index is 15.2. The number of ether oxygens (including phenoxy) is 1.